The Hall–Kier alpha value is -3.07. The third-order valence-corrected chi connectivity index (χ3v) is 7.73. The highest BCUT2D eigenvalue weighted by atomic mass is 32.2. The van der Waals surface area contributed by atoms with Crippen LogP contribution >= 0.6 is 0 Å². The molecule has 9 heteroatoms. The molecule has 1 fully saturated rings. The van der Waals surface area contributed by atoms with Crippen LogP contribution in [0.4, 0.5) is 5.69 Å². The number of aryl methyl sites for hydroxylation is 1. The quantitative estimate of drug-likeness (QED) is 0.470. The molecule has 1 amide bonds. The van der Waals surface area contributed by atoms with Gasteiger partial charge in [0, 0.05) is 25.9 Å². The molecule has 1 unspecified atom stereocenters. The Labute approximate surface area is 200 Å². The van der Waals surface area contributed by atoms with Crippen LogP contribution in [0.25, 0.3) is 11.0 Å². The normalized spacial score (nSPS) is 16.5. The summed E-state index contributed by atoms with van der Waals surface area (Å²) in [5.74, 6) is 2.08. The highest BCUT2D eigenvalue weighted by molar-refractivity contribution is 7.92. The van der Waals surface area contributed by atoms with Crippen molar-refractivity contribution in [2.45, 2.75) is 50.3 Å². The van der Waals surface area contributed by atoms with Crippen molar-refractivity contribution in [3.05, 3.63) is 48.3 Å². The minimum Gasteiger partial charge on any atom is -0.495 e. The summed E-state index contributed by atoms with van der Waals surface area (Å²) in [6.45, 7) is 3.65. The van der Waals surface area contributed by atoms with Gasteiger partial charge in [-0.1, -0.05) is 19.1 Å². The van der Waals surface area contributed by atoms with E-state index in [9.17, 15) is 13.2 Å². The fraction of sp³-hybridized carbons (Fsp3) is 0.440. The maximum Gasteiger partial charge on any atom is 0.262 e. The lowest BCUT2D eigenvalue weighted by molar-refractivity contribution is -0.132. The lowest BCUT2D eigenvalue weighted by Gasteiger charge is -2.32. The molecule has 0 aliphatic carbocycles. The van der Waals surface area contributed by atoms with Crippen LogP contribution in [-0.4, -0.2) is 49.4 Å². The molecule has 182 valence electrons. The number of nitrogens with zero attached hydrogens (tertiary/aromatic N) is 2. The van der Waals surface area contributed by atoms with E-state index in [0.29, 0.717) is 29.3 Å². The standard InChI is InChI=1S/C25H32N4O4S/c1-3-25(30)29-15-7-9-18(17-29)8-6-12-24-26-20-14-13-19(16-22(20)27-24)34(31,32)28-21-10-4-5-11-23(21)33-2/h4-5,10-11,13-14,16,18,28H,3,6-9,12,15,17H2,1-2H3,(H,26,27). The van der Waals surface area contributed by atoms with E-state index in [1.54, 1.807) is 42.5 Å². The molecule has 0 radical (unpaired) electrons. The minimum atomic E-state index is -3.78. The molecule has 1 saturated heterocycles. The Morgan fingerprint density at radius 3 is 2.88 bits per heavy atom. The van der Waals surface area contributed by atoms with Gasteiger partial charge in [-0.2, -0.15) is 0 Å². The zero-order valence-electron chi connectivity index (χ0n) is 19.7. The number of aromatic amines is 1. The summed E-state index contributed by atoms with van der Waals surface area (Å²) in [4.78, 5) is 22.1. The van der Waals surface area contributed by atoms with Crippen LogP contribution in [0.2, 0.25) is 0 Å². The summed E-state index contributed by atoms with van der Waals surface area (Å²) >= 11 is 0. The average Bonchev–Trinajstić information content (AvgIpc) is 3.26. The van der Waals surface area contributed by atoms with Crippen molar-refractivity contribution in [3.8, 4) is 5.75 Å². The third kappa shape index (κ3) is 5.52. The molecule has 1 aliphatic heterocycles. The summed E-state index contributed by atoms with van der Waals surface area (Å²) in [6, 6.07) is 11.8. The van der Waals surface area contributed by atoms with Crippen LogP contribution in [0, 0.1) is 5.92 Å². The molecule has 34 heavy (non-hydrogen) atoms. The van der Waals surface area contributed by atoms with Crippen molar-refractivity contribution in [2.75, 3.05) is 24.9 Å². The van der Waals surface area contributed by atoms with Crippen LogP contribution in [-0.2, 0) is 21.2 Å². The summed E-state index contributed by atoms with van der Waals surface area (Å²) < 4.78 is 33.7. The number of fused-ring (bicyclic) bond motifs is 1. The average molecular weight is 485 g/mol. The predicted octanol–water partition coefficient (Wildman–Crippen LogP) is 4.34. The monoisotopic (exact) mass is 484 g/mol. The number of hydrogen-bond donors (Lipinski definition) is 2. The smallest absolute Gasteiger partial charge is 0.262 e. The topological polar surface area (TPSA) is 104 Å². The number of aromatic nitrogens is 2. The van der Waals surface area contributed by atoms with Crippen molar-refractivity contribution >= 4 is 32.7 Å². The van der Waals surface area contributed by atoms with Gasteiger partial charge in [-0.15, -0.1) is 0 Å². The predicted molar refractivity (Wildman–Crippen MR) is 132 cm³/mol. The molecule has 2 N–H and O–H groups in total. The zero-order chi connectivity index (χ0) is 24.1. The Kier molecular flexibility index (Phi) is 7.41. The lowest BCUT2D eigenvalue weighted by atomic mass is 9.92. The van der Waals surface area contributed by atoms with Gasteiger partial charge >= 0.3 is 0 Å². The van der Waals surface area contributed by atoms with Crippen molar-refractivity contribution in [1.82, 2.24) is 14.9 Å². The number of methoxy groups -OCH3 is 1. The van der Waals surface area contributed by atoms with E-state index in [4.69, 9.17) is 4.74 Å². The van der Waals surface area contributed by atoms with Gasteiger partial charge < -0.3 is 14.6 Å². The number of likely N-dealkylation sites (tertiary alicyclic amines) is 1. The van der Waals surface area contributed by atoms with Gasteiger partial charge in [-0.25, -0.2) is 13.4 Å². The van der Waals surface area contributed by atoms with Gasteiger partial charge in [0.15, 0.2) is 0 Å². The molecule has 2 heterocycles. The van der Waals surface area contributed by atoms with Crippen LogP contribution in [0.3, 0.4) is 0 Å². The van der Waals surface area contributed by atoms with Crippen molar-refractivity contribution in [3.63, 3.8) is 0 Å². The number of sulfonamides is 1. The number of rotatable bonds is 9. The number of carbonyl (C=O) groups is 1. The van der Waals surface area contributed by atoms with Crippen molar-refractivity contribution in [2.24, 2.45) is 5.92 Å². The number of anilines is 1. The summed E-state index contributed by atoms with van der Waals surface area (Å²) in [7, 11) is -2.28. The van der Waals surface area contributed by atoms with E-state index >= 15 is 0 Å². The molecule has 1 aliphatic rings. The Bertz CT molecular complexity index is 1250. The van der Waals surface area contributed by atoms with Crippen LogP contribution in [0.15, 0.2) is 47.4 Å². The van der Waals surface area contributed by atoms with E-state index in [-0.39, 0.29) is 10.8 Å². The fourth-order valence-corrected chi connectivity index (χ4v) is 5.66. The molecule has 8 nitrogen and oxygen atoms in total. The highest BCUT2D eigenvalue weighted by Gasteiger charge is 2.22. The second-order valence-corrected chi connectivity index (χ2v) is 10.4. The molecular formula is C25H32N4O4S. The first kappa shape index (κ1) is 24.1. The lowest BCUT2D eigenvalue weighted by Crippen LogP contribution is -2.39. The number of H-pyrrole nitrogens is 1. The van der Waals surface area contributed by atoms with Gasteiger partial charge in [0.05, 0.1) is 28.7 Å². The van der Waals surface area contributed by atoms with Gasteiger partial charge in [0.25, 0.3) is 10.0 Å². The first-order valence-electron chi connectivity index (χ1n) is 11.8. The molecule has 1 atom stereocenters. The fourth-order valence-electron chi connectivity index (χ4n) is 4.57. The number of para-hydroxylation sites is 2. The SMILES string of the molecule is CCC(=O)N1CCCC(CCCc2nc3ccc(S(=O)(=O)Nc4ccccc4OC)cc3[nH]2)C1. The van der Waals surface area contributed by atoms with E-state index < -0.39 is 10.0 Å². The molecule has 2 aromatic carbocycles. The molecule has 4 rings (SSSR count). The maximum atomic E-state index is 12.9. The number of imidazole rings is 1. The number of benzene rings is 2. The largest absolute Gasteiger partial charge is 0.495 e. The molecule has 1 aromatic heterocycles. The molecule has 0 bridgehead atoms. The molecular weight excluding hydrogens is 452 g/mol. The Balaban J connectivity index is 1.39. The van der Waals surface area contributed by atoms with Gasteiger partial charge in [-0.3, -0.25) is 9.52 Å². The summed E-state index contributed by atoms with van der Waals surface area (Å²) in [5.41, 5.74) is 1.82. The van der Waals surface area contributed by atoms with Crippen molar-refractivity contribution < 1.29 is 17.9 Å². The number of nitrogens with one attached hydrogen (secondary N) is 2. The second kappa shape index (κ2) is 10.5. The number of hydrogen-bond acceptors (Lipinski definition) is 5. The molecule has 0 spiro atoms. The minimum absolute atomic E-state index is 0.156. The summed E-state index contributed by atoms with van der Waals surface area (Å²) in [6.07, 6.45) is 5.60. The third-order valence-electron chi connectivity index (χ3n) is 6.36. The number of ether oxygens (including phenoxy) is 1. The molecule has 3 aromatic rings. The summed E-state index contributed by atoms with van der Waals surface area (Å²) in [5, 5.41) is 0. The van der Waals surface area contributed by atoms with E-state index in [2.05, 4.69) is 14.7 Å². The van der Waals surface area contributed by atoms with Crippen LogP contribution < -0.4 is 9.46 Å². The van der Waals surface area contributed by atoms with Crippen LogP contribution in [0.1, 0.15) is 44.9 Å². The first-order valence-corrected chi connectivity index (χ1v) is 13.3. The van der Waals surface area contributed by atoms with Crippen LogP contribution in [0.5, 0.6) is 5.75 Å². The number of piperidine rings is 1. The Morgan fingerprint density at radius 2 is 2.09 bits per heavy atom. The van der Waals surface area contributed by atoms with Crippen molar-refractivity contribution in [1.29, 1.82) is 0 Å². The number of amides is 1. The first-order chi connectivity index (χ1) is 16.4. The highest BCUT2D eigenvalue weighted by Crippen LogP contribution is 2.27. The van der Waals surface area contributed by atoms with Gasteiger partial charge in [0.1, 0.15) is 11.6 Å². The second-order valence-electron chi connectivity index (χ2n) is 8.76. The zero-order valence-corrected chi connectivity index (χ0v) is 20.5. The maximum absolute atomic E-state index is 12.9. The Morgan fingerprint density at radius 1 is 1.26 bits per heavy atom. The van der Waals surface area contributed by atoms with E-state index in [0.717, 1.165) is 56.5 Å². The van der Waals surface area contributed by atoms with Gasteiger partial charge in [0.2, 0.25) is 5.91 Å². The number of carbonyl (C=O) groups excluding carboxylic acids is 1. The van der Waals surface area contributed by atoms with Gasteiger partial charge in [-0.05, 0) is 61.9 Å². The van der Waals surface area contributed by atoms with E-state index in [1.807, 2.05) is 11.8 Å². The molecule has 0 saturated carbocycles. The van der Waals surface area contributed by atoms with E-state index in [1.165, 1.54) is 7.11 Å².